The summed E-state index contributed by atoms with van der Waals surface area (Å²) < 4.78 is 13.8. The minimum absolute atomic E-state index is 0.237. The maximum Gasteiger partial charge on any atom is 0.124 e. The van der Waals surface area contributed by atoms with Gasteiger partial charge >= 0.3 is 0 Å². The molecule has 13 heavy (non-hydrogen) atoms. The Labute approximate surface area is 83.7 Å². The number of aromatic nitrogens is 1. The van der Waals surface area contributed by atoms with Crippen molar-refractivity contribution in [3.63, 3.8) is 0 Å². The number of benzene rings is 1. The molecule has 3 heteroatoms. The van der Waals surface area contributed by atoms with Gasteiger partial charge in [0.25, 0.3) is 0 Å². The predicted octanol–water partition coefficient (Wildman–Crippen LogP) is 3.44. The summed E-state index contributed by atoms with van der Waals surface area (Å²) in [7, 11) is 0. The molecule has 0 aliphatic rings. The van der Waals surface area contributed by atoms with Crippen molar-refractivity contribution in [2.24, 2.45) is 0 Å². The molecule has 0 N–H and O–H groups in total. The summed E-state index contributed by atoms with van der Waals surface area (Å²) in [5, 5.41) is 0.811. The summed E-state index contributed by atoms with van der Waals surface area (Å²) in [6.07, 6.45) is 0. The molecule has 0 fully saturated rings. The van der Waals surface area contributed by atoms with Gasteiger partial charge < -0.3 is 0 Å². The lowest BCUT2D eigenvalue weighted by Crippen LogP contribution is -1.85. The zero-order valence-electron chi connectivity index (χ0n) is 7.01. The highest BCUT2D eigenvalue weighted by molar-refractivity contribution is 9.10. The Kier molecular flexibility index (Phi) is 2.04. The number of hydrogen-bond acceptors (Lipinski definition) is 1. The lowest BCUT2D eigenvalue weighted by atomic mass is 10.2. The third kappa shape index (κ3) is 1.56. The minimum Gasteiger partial charge on any atom is -0.253 e. The van der Waals surface area contributed by atoms with Gasteiger partial charge in [0.1, 0.15) is 5.82 Å². The van der Waals surface area contributed by atoms with E-state index >= 15 is 0 Å². The SMILES string of the molecule is Cc1cc(Br)c2cc(F)ccc2n1. The molecule has 0 spiro atoms. The summed E-state index contributed by atoms with van der Waals surface area (Å²) in [6.45, 7) is 1.91. The van der Waals surface area contributed by atoms with Gasteiger partial charge in [-0.3, -0.25) is 4.98 Å². The molecule has 1 nitrogen and oxygen atoms in total. The van der Waals surface area contributed by atoms with E-state index in [1.807, 2.05) is 13.0 Å². The quantitative estimate of drug-likeness (QED) is 0.687. The fraction of sp³-hybridized carbons (Fsp3) is 0.100. The molecule has 1 heterocycles. The first-order chi connectivity index (χ1) is 6.16. The maximum atomic E-state index is 12.9. The molecule has 0 saturated carbocycles. The van der Waals surface area contributed by atoms with Crippen LogP contribution < -0.4 is 0 Å². The van der Waals surface area contributed by atoms with Crippen molar-refractivity contribution in [3.8, 4) is 0 Å². The largest absolute Gasteiger partial charge is 0.253 e. The van der Waals surface area contributed by atoms with Crippen LogP contribution >= 0.6 is 15.9 Å². The zero-order chi connectivity index (χ0) is 9.42. The van der Waals surface area contributed by atoms with E-state index in [1.54, 1.807) is 6.07 Å². The van der Waals surface area contributed by atoms with Crippen molar-refractivity contribution in [2.45, 2.75) is 6.92 Å². The first-order valence-corrected chi connectivity index (χ1v) is 4.68. The van der Waals surface area contributed by atoms with Crippen LogP contribution in [0, 0.1) is 12.7 Å². The molecule has 66 valence electrons. The molecule has 1 aromatic carbocycles. The highest BCUT2D eigenvalue weighted by Gasteiger charge is 2.02. The molecule has 0 aliphatic carbocycles. The third-order valence-electron chi connectivity index (χ3n) is 1.85. The molecule has 0 atom stereocenters. The Morgan fingerprint density at radius 2 is 2.08 bits per heavy atom. The van der Waals surface area contributed by atoms with Gasteiger partial charge in [0.2, 0.25) is 0 Å². The summed E-state index contributed by atoms with van der Waals surface area (Å²) in [6, 6.07) is 6.46. The van der Waals surface area contributed by atoms with Crippen LogP contribution in [0.4, 0.5) is 4.39 Å². The van der Waals surface area contributed by atoms with Crippen LogP contribution in [0.5, 0.6) is 0 Å². The normalized spacial score (nSPS) is 10.7. The van der Waals surface area contributed by atoms with Crippen LogP contribution in [0.2, 0.25) is 0 Å². The van der Waals surface area contributed by atoms with Crippen LogP contribution in [0.15, 0.2) is 28.7 Å². The van der Waals surface area contributed by atoms with E-state index in [4.69, 9.17) is 0 Å². The van der Waals surface area contributed by atoms with Crippen LogP contribution in [-0.2, 0) is 0 Å². The molecular weight excluding hydrogens is 233 g/mol. The minimum atomic E-state index is -0.237. The molecule has 1 aromatic heterocycles. The number of aryl methyl sites for hydroxylation is 1. The van der Waals surface area contributed by atoms with Crippen molar-refractivity contribution >= 4 is 26.8 Å². The fourth-order valence-electron chi connectivity index (χ4n) is 1.28. The predicted molar refractivity (Wildman–Crippen MR) is 54.1 cm³/mol. The van der Waals surface area contributed by atoms with Gasteiger partial charge in [-0.05, 0) is 31.2 Å². The van der Waals surface area contributed by atoms with Crippen molar-refractivity contribution < 1.29 is 4.39 Å². The second-order valence-electron chi connectivity index (χ2n) is 2.91. The first-order valence-electron chi connectivity index (χ1n) is 3.89. The van der Waals surface area contributed by atoms with E-state index in [0.717, 1.165) is 21.1 Å². The van der Waals surface area contributed by atoms with Crippen LogP contribution in [0.3, 0.4) is 0 Å². The molecule has 2 rings (SSSR count). The fourth-order valence-corrected chi connectivity index (χ4v) is 1.93. The highest BCUT2D eigenvalue weighted by Crippen LogP contribution is 2.23. The number of pyridine rings is 1. The average Bonchev–Trinajstić information content (AvgIpc) is 2.06. The molecule has 0 radical (unpaired) electrons. The van der Waals surface area contributed by atoms with E-state index in [1.165, 1.54) is 12.1 Å². The van der Waals surface area contributed by atoms with Gasteiger partial charge in [-0.25, -0.2) is 4.39 Å². The van der Waals surface area contributed by atoms with Gasteiger partial charge in [-0.15, -0.1) is 0 Å². The standard InChI is InChI=1S/C10H7BrFN/c1-6-4-9(11)8-5-7(12)2-3-10(8)13-6/h2-5H,1H3. The number of nitrogens with zero attached hydrogens (tertiary/aromatic N) is 1. The third-order valence-corrected chi connectivity index (χ3v) is 2.50. The number of halogens is 2. The second-order valence-corrected chi connectivity index (χ2v) is 3.76. The molecule has 0 amide bonds. The maximum absolute atomic E-state index is 12.9. The highest BCUT2D eigenvalue weighted by atomic mass is 79.9. The summed E-state index contributed by atoms with van der Waals surface area (Å²) >= 11 is 3.38. The van der Waals surface area contributed by atoms with Gasteiger partial charge in [-0.2, -0.15) is 0 Å². The average molecular weight is 240 g/mol. The molecule has 0 bridgehead atoms. The van der Waals surface area contributed by atoms with Crippen molar-refractivity contribution in [2.75, 3.05) is 0 Å². The van der Waals surface area contributed by atoms with Crippen molar-refractivity contribution in [3.05, 3.63) is 40.2 Å². The molecule has 0 unspecified atom stereocenters. The van der Waals surface area contributed by atoms with E-state index in [9.17, 15) is 4.39 Å². The summed E-state index contributed by atoms with van der Waals surface area (Å²) in [5.41, 5.74) is 1.74. The Morgan fingerprint density at radius 1 is 1.31 bits per heavy atom. The Balaban J connectivity index is 2.87. The van der Waals surface area contributed by atoms with Gasteiger partial charge in [0.15, 0.2) is 0 Å². The topological polar surface area (TPSA) is 12.9 Å². The van der Waals surface area contributed by atoms with Gasteiger partial charge in [0, 0.05) is 15.6 Å². The number of fused-ring (bicyclic) bond motifs is 1. The van der Waals surface area contributed by atoms with E-state index in [2.05, 4.69) is 20.9 Å². The Bertz CT molecular complexity index is 468. The molecule has 0 aliphatic heterocycles. The van der Waals surface area contributed by atoms with Gasteiger partial charge in [-0.1, -0.05) is 15.9 Å². The van der Waals surface area contributed by atoms with Crippen LogP contribution in [0.25, 0.3) is 10.9 Å². The van der Waals surface area contributed by atoms with Gasteiger partial charge in [0.05, 0.1) is 5.52 Å². The van der Waals surface area contributed by atoms with Crippen LogP contribution in [0.1, 0.15) is 5.69 Å². The monoisotopic (exact) mass is 239 g/mol. The van der Waals surface area contributed by atoms with Crippen molar-refractivity contribution in [1.29, 1.82) is 0 Å². The lowest BCUT2D eigenvalue weighted by Gasteiger charge is -2.01. The number of hydrogen-bond donors (Lipinski definition) is 0. The molecular formula is C10H7BrFN. The second kappa shape index (κ2) is 3.07. The summed E-state index contributed by atoms with van der Waals surface area (Å²) in [4.78, 5) is 4.28. The lowest BCUT2D eigenvalue weighted by molar-refractivity contribution is 0.629. The van der Waals surface area contributed by atoms with Crippen molar-refractivity contribution in [1.82, 2.24) is 4.98 Å². The molecule has 0 saturated heterocycles. The van der Waals surface area contributed by atoms with Crippen LogP contribution in [-0.4, -0.2) is 4.98 Å². The zero-order valence-corrected chi connectivity index (χ0v) is 8.60. The molecule has 2 aromatic rings. The van der Waals surface area contributed by atoms with E-state index in [-0.39, 0.29) is 5.82 Å². The Morgan fingerprint density at radius 3 is 2.85 bits per heavy atom. The first kappa shape index (κ1) is 8.63. The summed E-state index contributed by atoms with van der Waals surface area (Å²) in [5.74, 6) is -0.237. The number of rotatable bonds is 0. The van der Waals surface area contributed by atoms with E-state index < -0.39 is 0 Å². The Hall–Kier alpha value is -0.960. The smallest absolute Gasteiger partial charge is 0.124 e. The van der Waals surface area contributed by atoms with E-state index in [0.29, 0.717) is 0 Å².